The second kappa shape index (κ2) is 3.15. The van der Waals surface area contributed by atoms with Crippen LogP contribution in [0.5, 0.6) is 5.88 Å². The number of halogens is 1. The van der Waals surface area contributed by atoms with Gasteiger partial charge in [-0.15, -0.1) is 0 Å². The van der Waals surface area contributed by atoms with Crippen molar-refractivity contribution in [3.05, 3.63) is 23.9 Å². The molecule has 1 aromatic rings. The van der Waals surface area contributed by atoms with Crippen molar-refractivity contribution in [1.82, 2.24) is 4.98 Å². The van der Waals surface area contributed by atoms with Crippen LogP contribution in [-0.2, 0) is 0 Å². The van der Waals surface area contributed by atoms with Crippen LogP contribution in [0.4, 0.5) is 4.39 Å². The first-order valence-electron chi connectivity index (χ1n) is 2.94. The second-order valence-corrected chi connectivity index (χ2v) is 1.92. The molecule has 0 amide bonds. The van der Waals surface area contributed by atoms with Crippen molar-refractivity contribution < 1.29 is 9.13 Å². The Hall–Kier alpha value is -1.12. The maximum absolute atomic E-state index is 11.5. The molecular weight excluding hydrogens is 133 g/mol. The van der Waals surface area contributed by atoms with Gasteiger partial charge in [0.1, 0.15) is 0 Å². The minimum absolute atomic E-state index is 0.336. The van der Waals surface area contributed by atoms with Crippen LogP contribution in [0.3, 0.4) is 0 Å². The molecule has 3 heteroatoms. The molecule has 54 valence electrons. The normalized spacial score (nSPS) is 9.40. The zero-order chi connectivity index (χ0) is 7.40. The van der Waals surface area contributed by atoms with Crippen molar-refractivity contribution in [3.8, 4) is 5.88 Å². The number of nitrogens with zero attached hydrogens (tertiary/aromatic N) is 1. The first kappa shape index (κ1) is 6.99. The highest BCUT2D eigenvalue weighted by Gasteiger charge is 1.91. The van der Waals surface area contributed by atoms with Crippen molar-refractivity contribution in [3.63, 3.8) is 0 Å². The lowest BCUT2D eigenvalue weighted by Crippen LogP contribution is -1.92. The Balaban J connectivity index is 2.75. The number of aryl methyl sites for hydroxylation is 1. The predicted molar refractivity (Wildman–Crippen MR) is 35.6 cm³/mol. The second-order valence-electron chi connectivity index (χ2n) is 1.92. The lowest BCUT2D eigenvalue weighted by atomic mass is 10.3. The number of aromatic nitrogens is 1. The molecule has 1 aromatic heterocycles. The maximum Gasteiger partial charge on any atom is 0.230 e. The average molecular weight is 141 g/mol. The van der Waals surface area contributed by atoms with Gasteiger partial charge in [-0.25, -0.2) is 9.37 Å². The number of alkyl halides is 1. The molecule has 0 atom stereocenters. The van der Waals surface area contributed by atoms with Gasteiger partial charge in [0.2, 0.25) is 12.7 Å². The van der Waals surface area contributed by atoms with Gasteiger partial charge in [-0.2, -0.15) is 0 Å². The highest BCUT2D eigenvalue weighted by molar-refractivity contribution is 5.18. The van der Waals surface area contributed by atoms with Gasteiger partial charge in [-0.05, 0) is 18.6 Å². The largest absolute Gasteiger partial charge is 0.446 e. The predicted octanol–water partition coefficient (Wildman–Crippen LogP) is 1.70. The summed E-state index contributed by atoms with van der Waals surface area (Å²) in [6, 6.07) is 3.50. The van der Waals surface area contributed by atoms with E-state index < -0.39 is 6.86 Å². The zero-order valence-corrected chi connectivity index (χ0v) is 5.67. The van der Waals surface area contributed by atoms with Gasteiger partial charge in [0, 0.05) is 12.3 Å². The third-order valence-electron chi connectivity index (χ3n) is 1.09. The van der Waals surface area contributed by atoms with Gasteiger partial charge in [-0.3, -0.25) is 0 Å². The highest BCUT2D eigenvalue weighted by atomic mass is 19.1. The van der Waals surface area contributed by atoms with Crippen LogP contribution in [0.2, 0.25) is 0 Å². The molecule has 1 heterocycles. The number of hydrogen-bond donors (Lipinski definition) is 0. The SMILES string of the molecule is Cc1ccnc(OCF)c1. The van der Waals surface area contributed by atoms with Crippen molar-refractivity contribution in [2.24, 2.45) is 0 Å². The highest BCUT2D eigenvalue weighted by Crippen LogP contribution is 2.07. The molecule has 0 N–H and O–H groups in total. The Labute approximate surface area is 58.7 Å². The van der Waals surface area contributed by atoms with Crippen LogP contribution < -0.4 is 4.74 Å². The van der Waals surface area contributed by atoms with Crippen molar-refractivity contribution in [2.45, 2.75) is 6.92 Å². The monoisotopic (exact) mass is 141 g/mol. The fourth-order valence-electron chi connectivity index (χ4n) is 0.643. The van der Waals surface area contributed by atoms with Gasteiger partial charge < -0.3 is 4.74 Å². The molecule has 1 rings (SSSR count). The Morgan fingerprint density at radius 2 is 2.50 bits per heavy atom. The number of hydrogen-bond acceptors (Lipinski definition) is 2. The molecule has 0 aliphatic heterocycles. The first-order chi connectivity index (χ1) is 4.83. The van der Waals surface area contributed by atoms with Crippen LogP contribution in [0, 0.1) is 6.92 Å². The summed E-state index contributed by atoms with van der Waals surface area (Å²) in [6.07, 6.45) is 1.58. The van der Waals surface area contributed by atoms with E-state index in [1.54, 1.807) is 12.3 Å². The van der Waals surface area contributed by atoms with Crippen molar-refractivity contribution in [1.29, 1.82) is 0 Å². The summed E-state index contributed by atoms with van der Waals surface area (Å²) in [5.74, 6) is 0.336. The molecular formula is C7H8FNO. The van der Waals surface area contributed by atoms with Crippen LogP contribution in [0.15, 0.2) is 18.3 Å². The molecule has 0 saturated heterocycles. The first-order valence-corrected chi connectivity index (χ1v) is 2.94. The van der Waals surface area contributed by atoms with E-state index >= 15 is 0 Å². The minimum atomic E-state index is -0.823. The van der Waals surface area contributed by atoms with E-state index in [4.69, 9.17) is 0 Å². The molecule has 0 spiro atoms. The lowest BCUT2D eigenvalue weighted by Gasteiger charge is -1.98. The van der Waals surface area contributed by atoms with E-state index in [0.29, 0.717) is 5.88 Å². The van der Waals surface area contributed by atoms with Gasteiger partial charge in [0.05, 0.1) is 0 Å². The van der Waals surface area contributed by atoms with Crippen LogP contribution in [-0.4, -0.2) is 11.8 Å². The van der Waals surface area contributed by atoms with Crippen LogP contribution >= 0.6 is 0 Å². The summed E-state index contributed by atoms with van der Waals surface area (Å²) >= 11 is 0. The fraction of sp³-hybridized carbons (Fsp3) is 0.286. The quantitative estimate of drug-likeness (QED) is 0.625. The summed E-state index contributed by atoms with van der Waals surface area (Å²) in [5, 5.41) is 0. The Kier molecular flexibility index (Phi) is 2.20. The van der Waals surface area contributed by atoms with E-state index in [0.717, 1.165) is 5.56 Å². The molecule has 10 heavy (non-hydrogen) atoms. The lowest BCUT2D eigenvalue weighted by molar-refractivity contribution is 0.184. The number of pyridine rings is 1. The fourth-order valence-corrected chi connectivity index (χ4v) is 0.643. The smallest absolute Gasteiger partial charge is 0.230 e. The van der Waals surface area contributed by atoms with Gasteiger partial charge in [0.15, 0.2) is 0 Å². The molecule has 0 saturated carbocycles. The standard InChI is InChI=1S/C7H8FNO/c1-6-2-3-9-7(4-6)10-5-8/h2-4H,5H2,1H3. The summed E-state index contributed by atoms with van der Waals surface area (Å²) < 4.78 is 16.1. The summed E-state index contributed by atoms with van der Waals surface area (Å²) in [7, 11) is 0. The molecule has 0 aliphatic carbocycles. The Morgan fingerprint density at radius 3 is 3.10 bits per heavy atom. The van der Waals surface area contributed by atoms with Gasteiger partial charge >= 0.3 is 0 Å². The van der Waals surface area contributed by atoms with Crippen molar-refractivity contribution in [2.75, 3.05) is 6.86 Å². The van der Waals surface area contributed by atoms with E-state index in [1.807, 2.05) is 13.0 Å². The summed E-state index contributed by atoms with van der Waals surface area (Å²) in [4.78, 5) is 3.77. The third-order valence-corrected chi connectivity index (χ3v) is 1.09. The molecule has 0 unspecified atom stereocenters. The Bertz CT molecular complexity index is 215. The molecule has 0 radical (unpaired) electrons. The maximum atomic E-state index is 11.5. The van der Waals surface area contributed by atoms with Gasteiger partial charge in [0.25, 0.3) is 0 Å². The van der Waals surface area contributed by atoms with Crippen LogP contribution in [0.25, 0.3) is 0 Å². The third kappa shape index (κ3) is 1.69. The molecule has 0 fully saturated rings. The van der Waals surface area contributed by atoms with E-state index in [9.17, 15) is 4.39 Å². The number of rotatable bonds is 2. The van der Waals surface area contributed by atoms with Crippen LogP contribution in [0.1, 0.15) is 5.56 Å². The number of ether oxygens (including phenoxy) is 1. The summed E-state index contributed by atoms with van der Waals surface area (Å²) in [5.41, 5.74) is 1.01. The van der Waals surface area contributed by atoms with Gasteiger partial charge in [-0.1, -0.05) is 0 Å². The molecule has 0 aromatic carbocycles. The van der Waals surface area contributed by atoms with E-state index in [1.165, 1.54) is 0 Å². The molecule has 0 bridgehead atoms. The average Bonchev–Trinajstić information content (AvgIpc) is 1.88. The van der Waals surface area contributed by atoms with E-state index in [2.05, 4.69) is 9.72 Å². The summed E-state index contributed by atoms with van der Waals surface area (Å²) in [6.45, 7) is 1.07. The minimum Gasteiger partial charge on any atom is -0.446 e. The Morgan fingerprint density at radius 1 is 1.70 bits per heavy atom. The van der Waals surface area contributed by atoms with Crippen molar-refractivity contribution >= 4 is 0 Å². The molecule has 2 nitrogen and oxygen atoms in total. The zero-order valence-electron chi connectivity index (χ0n) is 5.67. The topological polar surface area (TPSA) is 22.1 Å². The molecule has 0 aliphatic rings. The van der Waals surface area contributed by atoms with E-state index in [-0.39, 0.29) is 0 Å².